The molecule has 1 unspecified atom stereocenters. The van der Waals surface area contributed by atoms with E-state index in [-0.39, 0.29) is 18.4 Å². The molecule has 0 spiro atoms. The first-order valence-corrected chi connectivity index (χ1v) is 12.8. The molecule has 2 amide bonds. The van der Waals surface area contributed by atoms with E-state index in [0.29, 0.717) is 45.4 Å². The Labute approximate surface area is 220 Å². The molecule has 0 saturated carbocycles. The molecule has 182 valence electrons. The van der Waals surface area contributed by atoms with Gasteiger partial charge >= 0.3 is 0 Å². The van der Waals surface area contributed by atoms with Crippen molar-refractivity contribution in [2.24, 2.45) is 10.9 Å². The molecule has 2 aromatic carbocycles. The number of benzene rings is 2. The van der Waals surface area contributed by atoms with E-state index in [9.17, 15) is 9.59 Å². The maximum absolute atomic E-state index is 13.2. The Hall–Kier alpha value is -1.79. The molecule has 1 heterocycles. The minimum atomic E-state index is -0.553. The summed E-state index contributed by atoms with van der Waals surface area (Å²) in [5.41, 5.74) is 2.44. The number of nitrogens with zero attached hydrogens (tertiary/aromatic N) is 2. The van der Waals surface area contributed by atoms with Crippen LogP contribution in [0.25, 0.3) is 0 Å². The van der Waals surface area contributed by atoms with Crippen LogP contribution in [0.5, 0.6) is 0 Å². The number of aryl methyl sites for hydroxylation is 2. The molecule has 3 rings (SSSR count). The third kappa shape index (κ3) is 7.11. The van der Waals surface area contributed by atoms with E-state index in [1.165, 1.54) is 0 Å². The highest BCUT2D eigenvalue weighted by atomic mass is 35.5. The first-order valence-electron chi connectivity index (χ1n) is 11.3. The van der Waals surface area contributed by atoms with Gasteiger partial charge in [0.2, 0.25) is 5.91 Å². The molecule has 5 nitrogen and oxygen atoms in total. The van der Waals surface area contributed by atoms with Crippen molar-refractivity contribution < 1.29 is 9.59 Å². The fourth-order valence-electron chi connectivity index (χ4n) is 3.92. The van der Waals surface area contributed by atoms with Crippen molar-refractivity contribution in [2.45, 2.75) is 32.6 Å². The number of nitrogens with one attached hydrogen (secondary N) is 1. The van der Waals surface area contributed by atoms with Gasteiger partial charge in [-0.2, -0.15) is 0 Å². The lowest BCUT2D eigenvalue weighted by Crippen LogP contribution is -2.40. The van der Waals surface area contributed by atoms with Crippen molar-refractivity contribution in [1.29, 1.82) is 0 Å². The zero-order chi connectivity index (χ0) is 24.7. The van der Waals surface area contributed by atoms with Gasteiger partial charge in [0.05, 0.1) is 20.1 Å². The van der Waals surface area contributed by atoms with Gasteiger partial charge in [0.15, 0.2) is 0 Å². The molecule has 1 aliphatic heterocycles. The van der Waals surface area contributed by atoms with Gasteiger partial charge in [-0.05, 0) is 68.0 Å². The first kappa shape index (κ1) is 26.8. The molecular weight excluding hydrogens is 516 g/mol. The molecule has 34 heavy (non-hydrogen) atoms. The molecule has 1 saturated heterocycles. The van der Waals surface area contributed by atoms with Gasteiger partial charge in [0, 0.05) is 26.2 Å². The number of carbonyl (C=O) groups excluding carboxylic acids is 2. The van der Waals surface area contributed by atoms with Crippen molar-refractivity contribution in [3.05, 3.63) is 67.6 Å². The summed E-state index contributed by atoms with van der Waals surface area (Å²) in [6.45, 7) is 3.83. The van der Waals surface area contributed by atoms with Crippen molar-refractivity contribution in [3.8, 4) is 0 Å². The van der Waals surface area contributed by atoms with Crippen molar-refractivity contribution in [2.75, 3.05) is 26.2 Å². The molecule has 2 aromatic rings. The summed E-state index contributed by atoms with van der Waals surface area (Å²) < 4.78 is 0. The van der Waals surface area contributed by atoms with Gasteiger partial charge in [-0.3, -0.25) is 14.6 Å². The van der Waals surface area contributed by atoms with Crippen LogP contribution >= 0.6 is 46.4 Å². The second-order valence-electron chi connectivity index (χ2n) is 8.15. The van der Waals surface area contributed by atoms with Crippen molar-refractivity contribution in [1.82, 2.24) is 10.2 Å². The predicted octanol–water partition coefficient (Wildman–Crippen LogP) is 5.90. The smallest absolute Gasteiger partial charge is 0.266 e. The Morgan fingerprint density at radius 1 is 0.971 bits per heavy atom. The standard InChI is InChI=1S/C25H27Cl4N3O2/c1-2-32(12-4-6-17-8-10-20(27)22(29)14-17)25(34)18-15-31-24(33)23(18)30-11-3-5-16-7-9-19(26)21(28)13-16/h7-10,13-14,18H,2-6,11-12,15H2,1H3,(H,31,33). The summed E-state index contributed by atoms with van der Waals surface area (Å²) in [6.07, 6.45) is 3.04. The molecular formula is C25H27Cl4N3O2. The third-order valence-electron chi connectivity index (χ3n) is 5.79. The molecule has 9 heteroatoms. The topological polar surface area (TPSA) is 61.8 Å². The first-order chi connectivity index (χ1) is 16.3. The second-order valence-corrected chi connectivity index (χ2v) is 9.78. The number of hydrogen-bond donors (Lipinski definition) is 1. The summed E-state index contributed by atoms with van der Waals surface area (Å²) in [4.78, 5) is 31.8. The highest BCUT2D eigenvalue weighted by Crippen LogP contribution is 2.24. The molecule has 1 fully saturated rings. The van der Waals surface area contributed by atoms with Gasteiger partial charge in [0.25, 0.3) is 5.91 Å². The van der Waals surface area contributed by atoms with Crippen LogP contribution in [0.2, 0.25) is 20.1 Å². The van der Waals surface area contributed by atoms with Gasteiger partial charge in [-0.15, -0.1) is 0 Å². The number of aliphatic imine (C=N–C) groups is 1. The van der Waals surface area contributed by atoms with E-state index in [4.69, 9.17) is 46.4 Å². The Morgan fingerprint density at radius 3 is 2.12 bits per heavy atom. The number of rotatable bonds is 10. The second kappa shape index (κ2) is 12.8. The highest BCUT2D eigenvalue weighted by molar-refractivity contribution is 6.45. The number of carbonyl (C=O) groups is 2. The average molecular weight is 543 g/mol. The van der Waals surface area contributed by atoms with E-state index >= 15 is 0 Å². The summed E-state index contributed by atoms with van der Waals surface area (Å²) in [7, 11) is 0. The maximum atomic E-state index is 13.2. The van der Waals surface area contributed by atoms with Gasteiger partial charge in [-0.25, -0.2) is 0 Å². The number of halogens is 4. The summed E-state index contributed by atoms with van der Waals surface area (Å²) >= 11 is 24.1. The number of amides is 2. The molecule has 1 N–H and O–H groups in total. The molecule has 0 bridgehead atoms. The highest BCUT2D eigenvalue weighted by Gasteiger charge is 2.37. The lowest BCUT2D eigenvalue weighted by Gasteiger charge is -2.24. The molecule has 1 aliphatic rings. The fourth-order valence-corrected chi connectivity index (χ4v) is 4.56. The van der Waals surface area contributed by atoms with Crippen LogP contribution < -0.4 is 5.32 Å². The molecule has 0 radical (unpaired) electrons. The van der Waals surface area contributed by atoms with Gasteiger partial charge in [0.1, 0.15) is 11.6 Å². The summed E-state index contributed by atoms with van der Waals surface area (Å²) in [5, 5.41) is 4.86. The van der Waals surface area contributed by atoms with E-state index in [1.807, 2.05) is 31.2 Å². The Kier molecular flexibility index (Phi) is 10.1. The minimum absolute atomic E-state index is 0.0711. The molecule has 0 aliphatic carbocycles. The fraction of sp³-hybridized carbons (Fsp3) is 0.400. The molecule has 0 aromatic heterocycles. The number of hydrogen-bond acceptors (Lipinski definition) is 3. The van der Waals surface area contributed by atoms with Crippen LogP contribution in [0.3, 0.4) is 0 Å². The van der Waals surface area contributed by atoms with Crippen LogP contribution in [-0.2, 0) is 22.4 Å². The zero-order valence-electron chi connectivity index (χ0n) is 18.9. The van der Waals surface area contributed by atoms with E-state index in [0.717, 1.165) is 36.8 Å². The Bertz CT molecular complexity index is 1070. The third-order valence-corrected chi connectivity index (χ3v) is 7.27. The monoisotopic (exact) mass is 541 g/mol. The lowest BCUT2D eigenvalue weighted by atomic mass is 10.0. The minimum Gasteiger partial charge on any atom is -0.350 e. The average Bonchev–Trinajstić information content (AvgIpc) is 3.18. The summed E-state index contributed by atoms with van der Waals surface area (Å²) in [6, 6.07) is 11.1. The summed E-state index contributed by atoms with van der Waals surface area (Å²) in [5.74, 6) is -0.889. The van der Waals surface area contributed by atoms with Crippen LogP contribution in [0.15, 0.2) is 41.4 Å². The van der Waals surface area contributed by atoms with Crippen LogP contribution in [-0.4, -0.2) is 48.6 Å². The largest absolute Gasteiger partial charge is 0.350 e. The normalized spacial score (nSPS) is 16.7. The van der Waals surface area contributed by atoms with E-state index in [2.05, 4.69) is 10.3 Å². The Balaban J connectivity index is 1.54. The lowest BCUT2D eigenvalue weighted by molar-refractivity contribution is -0.132. The molecule has 1 atom stereocenters. The quantitative estimate of drug-likeness (QED) is 0.380. The van der Waals surface area contributed by atoms with Crippen molar-refractivity contribution >= 4 is 63.9 Å². The van der Waals surface area contributed by atoms with E-state index in [1.54, 1.807) is 17.0 Å². The predicted molar refractivity (Wildman–Crippen MR) is 141 cm³/mol. The van der Waals surface area contributed by atoms with Gasteiger partial charge < -0.3 is 10.2 Å². The van der Waals surface area contributed by atoms with Crippen LogP contribution in [0.4, 0.5) is 0 Å². The maximum Gasteiger partial charge on any atom is 0.266 e. The van der Waals surface area contributed by atoms with Crippen molar-refractivity contribution in [3.63, 3.8) is 0 Å². The zero-order valence-corrected chi connectivity index (χ0v) is 21.9. The van der Waals surface area contributed by atoms with Gasteiger partial charge in [-0.1, -0.05) is 58.5 Å². The van der Waals surface area contributed by atoms with E-state index < -0.39 is 5.92 Å². The van der Waals surface area contributed by atoms with Crippen LogP contribution in [0, 0.1) is 5.92 Å². The SMILES string of the molecule is CCN(CCCc1ccc(Cl)c(Cl)c1)C(=O)C1CNC(=O)C1=NCCCc1ccc(Cl)c(Cl)c1. The Morgan fingerprint density at radius 2 is 1.56 bits per heavy atom. The van der Waals surface area contributed by atoms with Crippen LogP contribution in [0.1, 0.15) is 30.9 Å².